The van der Waals surface area contributed by atoms with Gasteiger partial charge in [-0.25, -0.2) is 22.3 Å². The van der Waals surface area contributed by atoms with Gasteiger partial charge in [0.25, 0.3) is 0 Å². The Balaban J connectivity index is 3.37. The summed E-state index contributed by atoms with van der Waals surface area (Å²) in [5.41, 5.74) is -0.841. The van der Waals surface area contributed by atoms with Crippen molar-refractivity contribution in [3.05, 3.63) is 28.5 Å². The van der Waals surface area contributed by atoms with Gasteiger partial charge in [0.05, 0.1) is 12.2 Å². The topological polar surface area (TPSA) is 104 Å². The Morgan fingerprint density at radius 1 is 1.44 bits per heavy atom. The molecule has 0 fully saturated rings. The molecule has 18 heavy (non-hydrogen) atoms. The van der Waals surface area contributed by atoms with Crippen LogP contribution in [0.3, 0.4) is 0 Å². The number of aliphatic hydroxyl groups is 1. The minimum Gasteiger partial charge on any atom is -0.478 e. The van der Waals surface area contributed by atoms with Gasteiger partial charge in [-0.2, -0.15) is 0 Å². The molecule has 0 spiro atoms. The van der Waals surface area contributed by atoms with E-state index >= 15 is 0 Å². The first-order valence-corrected chi connectivity index (χ1v) is 6.48. The Bertz CT molecular complexity index is 575. The predicted octanol–water partition coefficient (Wildman–Crippen LogP) is 0.448. The lowest BCUT2D eigenvalue weighted by molar-refractivity contribution is 0.0691. The van der Waals surface area contributed by atoms with Gasteiger partial charge in [0.1, 0.15) is 4.90 Å². The van der Waals surface area contributed by atoms with Gasteiger partial charge in [-0.15, -0.1) is 0 Å². The molecule has 0 saturated heterocycles. The normalized spacial score (nSPS) is 11.5. The van der Waals surface area contributed by atoms with E-state index in [4.69, 9.17) is 21.8 Å². The summed E-state index contributed by atoms with van der Waals surface area (Å²) in [4.78, 5) is 9.84. The molecule has 0 aliphatic carbocycles. The number of carbonyl (C=O) groups is 1. The molecule has 0 heterocycles. The van der Waals surface area contributed by atoms with Crippen molar-refractivity contribution in [3.63, 3.8) is 0 Å². The van der Waals surface area contributed by atoms with Gasteiger partial charge in [0.15, 0.2) is 5.82 Å². The van der Waals surface area contributed by atoms with E-state index in [0.717, 1.165) is 12.1 Å². The third-order valence-electron chi connectivity index (χ3n) is 1.93. The minimum atomic E-state index is -4.26. The van der Waals surface area contributed by atoms with Crippen LogP contribution in [-0.4, -0.2) is 37.8 Å². The van der Waals surface area contributed by atoms with Crippen molar-refractivity contribution in [3.8, 4) is 0 Å². The molecule has 0 atom stereocenters. The zero-order chi connectivity index (χ0) is 13.9. The van der Waals surface area contributed by atoms with Crippen molar-refractivity contribution in [1.82, 2.24) is 4.72 Å². The van der Waals surface area contributed by atoms with Crippen LogP contribution in [-0.2, 0) is 10.0 Å². The van der Waals surface area contributed by atoms with Crippen LogP contribution in [0.2, 0.25) is 5.02 Å². The highest BCUT2D eigenvalue weighted by Gasteiger charge is 2.24. The SMILES string of the molecule is O=C(O)c1cc(Cl)cc(S(=O)(=O)NCCO)c1F. The molecule has 1 aromatic rings. The Morgan fingerprint density at radius 2 is 2.06 bits per heavy atom. The number of sulfonamides is 1. The number of aliphatic hydroxyl groups excluding tert-OH is 1. The summed E-state index contributed by atoms with van der Waals surface area (Å²) in [7, 11) is -4.26. The van der Waals surface area contributed by atoms with Crippen LogP contribution in [0, 0.1) is 5.82 Å². The van der Waals surface area contributed by atoms with Crippen LogP contribution in [0.4, 0.5) is 4.39 Å². The summed E-state index contributed by atoms with van der Waals surface area (Å²) in [5, 5.41) is 17.0. The van der Waals surface area contributed by atoms with E-state index in [1.165, 1.54) is 0 Å². The molecule has 1 aromatic carbocycles. The van der Waals surface area contributed by atoms with E-state index in [2.05, 4.69) is 0 Å². The lowest BCUT2D eigenvalue weighted by Gasteiger charge is -2.08. The number of hydrogen-bond acceptors (Lipinski definition) is 4. The van der Waals surface area contributed by atoms with Crippen LogP contribution >= 0.6 is 11.6 Å². The van der Waals surface area contributed by atoms with Gasteiger partial charge >= 0.3 is 5.97 Å². The second kappa shape index (κ2) is 5.61. The molecule has 0 aromatic heterocycles. The van der Waals surface area contributed by atoms with E-state index in [1.807, 2.05) is 4.72 Å². The average molecular weight is 298 g/mol. The molecule has 9 heteroatoms. The molecule has 0 unspecified atom stereocenters. The maximum atomic E-state index is 13.7. The summed E-state index contributed by atoms with van der Waals surface area (Å²) in [6.07, 6.45) is 0. The second-order valence-electron chi connectivity index (χ2n) is 3.19. The Hall–Kier alpha value is -1.22. The molecule has 0 bridgehead atoms. The third kappa shape index (κ3) is 3.16. The minimum absolute atomic E-state index is 0.224. The van der Waals surface area contributed by atoms with Crippen molar-refractivity contribution in [1.29, 1.82) is 0 Å². The molecular formula is C9H9ClFNO5S. The largest absolute Gasteiger partial charge is 0.478 e. The molecule has 3 N–H and O–H groups in total. The van der Waals surface area contributed by atoms with Crippen LogP contribution in [0.1, 0.15) is 10.4 Å². The Labute approximate surface area is 107 Å². The monoisotopic (exact) mass is 297 g/mol. The smallest absolute Gasteiger partial charge is 0.338 e. The highest BCUT2D eigenvalue weighted by atomic mass is 35.5. The number of benzene rings is 1. The van der Waals surface area contributed by atoms with Crippen molar-refractivity contribution < 1.29 is 27.8 Å². The van der Waals surface area contributed by atoms with Crippen molar-refractivity contribution in [2.24, 2.45) is 0 Å². The number of halogens is 2. The summed E-state index contributed by atoms with van der Waals surface area (Å²) >= 11 is 5.53. The van der Waals surface area contributed by atoms with Crippen LogP contribution in [0.15, 0.2) is 17.0 Å². The maximum absolute atomic E-state index is 13.7. The first-order chi connectivity index (χ1) is 8.29. The molecule has 0 aliphatic rings. The van der Waals surface area contributed by atoms with E-state index in [0.29, 0.717) is 0 Å². The lowest BCUT2D eigenvalue weighted by atomic mass is 10.2. The van der Waals surface area contributed by atoms with Gasteiger partial charge < -0.3 is 10.2 Å². The molecule has 0 amide bonds. The number of hydrogen-bond donors (Lipinski definition) is 3. The highest BCUT2D eigenvalue weighted by Crippen LogP contribution is 2.23. The van der Waals surface area contributed by atoms with E-state index in [1.54, 1.807) is 0 Å². The van der Waals surface area contributed by atoms with Crippen molar-refractivity contribution in [2.75, 3.05) is 13.2 Å². The molecule has 1 rings (SSSR count). The summed E-state index contributed by atoms with van der Waals surface area (Å²) in [5.74, 6) is -3.04. The quantitative estimate of drug-likeness (QED) is 0.732. The van der Waals surface area contributed by atoms with E-state index < -0.39 is 38.9 Å². The predicted molar refractivity (Wildman–Crippen MR) is 60.6 cm³/mol. The first-order valence-electron chi connectivity index (χ1n) is 4.62. The Morgan fingerprint density at radius 3 is 2.56 bits per heavy atom. The molecular weight excluding hydrogens is 289 g/mol. The summed E-state index contributed by atoms with van der Waals surface area (Å²) < 4.78 is 38.8. The van der Waals surface area contributed by atoms with Crippen LogP contribution in [0.5, 0.6) is 0 Å². The zero-order valence-electron chi connectivity index (χ0n) is 8.85. The Kier molecular flexibility index (Phi) is 4.63. The number of nitrogens with one attached hydrogen (secondary N) is 1. The maximum Gasteiger partial charge on any atom is 0.338 e. The molecule has 6 nitrogen and oxygen atoms in total. The van der Waals surface area contributed by atoms with Crippen molar-refractivity contribution in [2.45, 2.75) is 4.90 Å². The molecule has 100 valence electrons. The summed E-state index contributed by atoms with van der Waals surface area (Å²) in [6.45, 7) is -0.802. The summed E-state index contributed by atoms with van der Waals surface area (Å²) in [6, 6.07) is 1.60. The van der Waals surface area contributed by atoms with Gasteiger partial charge in [0, 0.05) is 11.6 Å². The zero-order valence-corrected chi connectivity index (χ0v) is 10.4. The average Bonchev–Trinajstić information content (AvgIpc) is 2.28. The van der Waals surface area contributed by atoms with E-state index in [9.17, 15) is 17.6 Å². The fourth-order valence-electron chi connectivity index (χ4n) is 1.17. The molecule has 0 aliphatic heterocycles. The van der Waals surface area contributed by atoms with Gasteiger partial charge in [-0.05, 0) is 12.1 Å². The van der Waals surface area contributed by atoms with Crippen LogP contribution < -0.4 is 4.72 Å². The fraction of sp³-hybridized carbons (Fsp3) is 0.222. The third-order valence-corrected chi connectivity index (χ3v) is 3.61. The van der Waals surface area contributed by atoms with E-state index in [-0.39, 0.29) is 11.6 Å². The standard InChI is InChI=1S/C9H9ClFNO5S/c10-5-3-6(9(14)15)8(11)7(4-5)18(16,17)12-1-2-13/h3-4,12-13H,1-2H2,(H,14,15). The van der Waals surface area contributed by atoms with Crippen LogP contribution in [0.25, 0.3) is 0 Å². The lowest BCUT2D eigenvalue weighted by Crippen LogP contribution is -2.28. The fourth-order valence-corrected chi connectivity index (χ4v) is 2.60. The number of carboxylic acid groups (broad SMARTS) is 1. The number of rotatable bonds is 5. The number of carboxylic acids is 1. The van der Waals surface area contributed by atoms with Gasteiger partial charge in [0.2, 0.25) is 10.0 Å². The second-order valence-corrected chi connectivity index (χ2v) is 5.36. The first kappa shape index (κ1) is 14.8. The van der Waals surface area contributed by atoms with Gasteiger partial charge in [-0.3, -0.25) is 0 Å². The highest BCUT2D eigenvalue weighted by molar-refractivity contribution is 7.89. The van der Waals surface area contributed by atoms with Gasteiger partial charge in [-0.1, -0.05) is 11.6 Å². The number of aromatic carboxylic acids is 1. The van der Waals surface area contributed by atoms with Crippen molar-refractivity contribution >= 4 is 27.6 Å². The molecule has 0 radical (unpaired) electrons. The molecule has 0 saturated carbocycles.